The number of anilines is 1. The van der Waals surface area contributed by atoms with Gasteiger partial charge in [0, 0.05) is 49.3 Å². The van der Waals surface area contributed by atoms with E-state index in [1.807, 2.05) is 33.8 Å². The number of carbonyl (C=O) groups excluding carboxylic acids is 3. The van der Waals surface area contributed by atoms with Crippen molar-refractivity contribution in [3.63, 3.8) is 0 Å². The van der Waals surface area contributed by atoms with E-state index in [1.165, 1.54) is 34.1 Å². The van der Waals surface area contributed by atoms with Gasteiger partial charge in [0.15, 0.2) is 0 Å². The van der Waals surface area contributed by atoms with Crippen LogP contribution >= 0.6 is 0 Å². The number of aromatic amines is 1. The van der Waals surface area contributed by atoms with Crippen LogP contribution in [0.5, 0.6) is 11.5 Å². The van der Waals surface area contributed by atoms with Gasteiger partial charge in [-0.05, 0) is 50.3 Å². The van der Waals surface area contributed by atoms with Crippen LogP contribution in [0, 0.1) is 30.6 Å². The van der Waals surface area contributed by atoms with E-state index in [2.05, 4.69) is 10.3 Å². The summed E-state index contributed by atoms with van der Waals surface area (Å²) in [5, 5.41) is 25.7. The number of hydrogen-bond acceptors (Lipinski definition) is 11. The lowest BCUT2D eigenvalue weighted by Gasteiger charge is -2.36. The molecule has 0 saturated heterocycles. The molecule has 0 radical (unpaired) electrons. The number of ketones is 1. The summed E-state index contributed by atoms with van der Waals surface area (Å²) in [6.07, 6.45) is 6.41. The maximum absolute atomic E-state index is 14.5. The number of esters is 1. The van der Waals surface area contributed by atoms with Crippen LogP contribution in [0.3, 0.4) is 0 Å². The number of amides is 1. The Morgan fingerprint density at radius 3 is 2.45 bits per heavy atom. The number of allylic oxidation sites excluding steroid dienone is 3. The molecule has 6 rings (SSSR count). The third-order valence-corrected chi connectivity index (χ3v) is 11.1. The number of rotatable bonds is 2. The van der Waals surface area contributed by atoms with Crippen molar-refractivity contribution in [2.45, 2.75) is 85.9 Å². The van der Waals surface area contributed by atoms with Gasteiger partial charge in [-0.2, -0.15) is 0 Å². The summed E-state index contributed by atoms with van der Waals surface area (Å²) in [5.74, 6) is -5.30. The fourth-order valence-electron chi connectivity index (χ4n) is 7.94. The largest absolute Gasteiger partial charge is 0.507 e. The number of ether oxygens (including phenoxy) is 4. The van der Waals surface area contributed by atoms with E-state index in [1.54, 1.807) is 49.4 Å². The van der Waals surface area contributed by atoms with Crippen molar-refractivity contribution in [3.05, 3.63) is 81.8 Å². The molecule has 2 aromatic rings. The van der Waals surface area contributed by atoms with E-state index in [4.69, 9.17) is 23.9 Å². The highest BCUT2D eigenvalue weighted by molar-refractivity contribution is 6.22. The second-order valence-corrected chi connectivity index (χ2v) is 15.3. The molecule has 0 fully saturated rings. The van der Waals surface area contributed by atoms with E-state index in [9.17, 15) is 29.4 Å². The Labute approximate surface area is 324 Å². The molecular formula is C43H49N3O10. The van der Waals surface area contributed by atoms with Crippen molar-refractivity contribution in [2.75, 3.05) is 12.4 Å². The molecular weight excluding hydrogens is 718 g/mol. The SMILES string of the molecule is CO[C@H]1/C=C/O[C@@]2(C)Oc3c(C)c(O)c4c(=O)c(c5[nH]c6ccccc6nc-5c4c3C2=O)NC(=O)/C(C)=C\C=C\[C@H](C)CC(C)[C@@H](O)C(C)[C@H](OC(C)=O)C1C. The maximum Gasteiger partial charge on any atom is 0.312 e. The van der Waals surface area contributed by atoms with E-state index < -0.39 is 64.8 Å². The lowest BCUT2D eigenvalue weighted by molar-refractivity contribution is -0.159. The molecule has 1 aliphatic carbocycles. The number of nitrogens with zero attached hydrogens (tertiary/aromatic N) is 1. The lowest BCUT2D eigenvalue weighted by Crippen LogP contribution is -2.44. The number of phenolic OH excluding ortho intramolecular Hbond substituents is 1. The first-order chi connectivity index (χ1) is 26.5. The molecule has 0 aromatic heterocycles. The van der Waals surface area contributed by atoms with Crippen LogP contribution in [0.2, 0.25) is 0 Å². The number of aromatic nitrogens is 2. The fourth-order valence-corrected chi connectivity index (χ4v) is 7.94. The number of methoxy groups -OCH3 is 1. The number of benzene rings is 3. The van der Waals surface area contributed by atoms with Crippen LogP contribution in [0.15, 0.2) is 65.2 Å². The molecule has 13 heteroatoms. The minimum absolute atomic E-state index is 0.00781. The van der Waals surface area contributed by atoms with Gasteiger partial charge in [-0.1, -0.05) is 58.1 Å². The third kappa shape index (κ3) is 7.16. The van der Waals surface area contributed by atoms with Crippen molar-refractivity contribution < 1.29 is 43.5 Å². The summed E-state index contributed by atoms with van der Waals surface area (Å²) in [6, 6.07) is 7.10. The summed E-state index contributed by atoms with van der Waals surface area (Å²) in [4.78, 5) is 63.1. The number of nitrogens with one attached hydrogen (secondary N) is 2. The van der Waals surface area contributed by atoms with Gasteiger partial charge in [-0.3, -0.25) is 19.2 Å². The molecule has 296 valence electrons. The number of phenols is 1. The van der Waals surface area contributed by atoms with Crippen LogP contribution in [0.25, 0.3) is 33.2 Å². The zero-order valence-corrected chi connectivity index (χ0v) is 33.1. The highest BCUT2D eigenvalue weighted by Gasteiger charge is 2.50. The van der Waals surface area contributed by atoms with Gasteiger partial charge in [-0.15, -0.1) is 0 Å². The summed E-state index contributed by atoms with van der Waals surface area (Å²) < 4.78 is 23.9. The molecule has 0 saturated carbocycles. The second kappa shape index (κ2) is 15.5. The van der Waals surface area contributed by atoms with Gasteiger partial charge in [0.25, 0.3) is 11.7 Å². The normalized spacial score (nSPS) is 29.8. The molecule has 13 nitrogen and oxygen atoms in total. The van der Waals surface area contributed by atoms with Gasteiger partial charge in [0.2, 0.25) is 5.43 Å². The Balaban J connectivity index is 1.56. The summed E-state index contributed by atoms with van der Waals surface area (Å²) in [6.45, 7) is 13.4. The first-order valence-electron chi connectivity index (χ1n) is 18.8. The summed E-state index contributed by atoms with van der Waals surface area (Å²) >= 11 is 0. The van der Waals surface area contributed by atoms with Gasteiger partial charge in [0.1, 0.15) is 23.3 Å². The van der Waals surface area contributed by atoms with Crippen LogP contribution in [-0.2, 0) is 23.8 Å². The van der Waals surface area contributed by atoms with Gasteiger partial charge in [0.05, 0.1) is 51.8 Å². The summed E-state index contributed by atoms with van der Waals surface area (Å²) in [7, 11) is 1.49. The molecule has 4 N–H and O–H groups in total. The molecule has 4 bridgehead atoms. The van der Waals surface area contributed by atoms with Crippen molar-refractivity contribution in [1.82, 2.24) is 9.97 Å². The minimum Gasteiger partial charge on any atom is -0.507 e. The van der Waals surface area contributed by atoms with Crippen molar-refractivity contribution >= 4 is 45.2 Å². The summed E-state index contributed by atoms with van der Waals surface area (Å²) in [5.41, 5.74) is 0.871. The van der Waals surface area contributed by atoms with Gasteiger partial charge in [-0.25, -0.2) is 4.98 Å². The molecule has 8 atom stereocenters. The molecule has 0 spiro atoms. The molecule has 3 heterocycles. The highest BCUT2D eigenvalue weighted by Crippen LogP contribution is 2.50. The number of aromatic hydroxyl groups is 1. The van der Waals surface area contributed by atoms with E-state index >= 15 is 0 Å². The number of fused-ring (bicyclic) bond motifs is 2. The standard InChI is InChI=1S/C43H49N3O10/c1-20-13-12-14-21(2)42(52)46-35-34-33(44-27-15-10-11-16-28(27)45-34)30-31(38(35)50)37(49)25(6)40-32(30)41(51)43(8,56-40)54-18-17-29(53-9)23(4)39(55-26(7)47)24(5)36(48)22(3)19-20/h10-18,20,22-24,29,36,39,45,48-49H,19H2,1-9H3,(H,46,52)/b13-12+,18-17+,21-14-/t20-,22?,23?,24?,29-,36+,39+,43-/m0/s1. The van der Waals surface area contributed by atoms with Crippen molar-refractivity contribution in [2.24, 2.45) is 23.7 Å². The first kappa shape index (κ1) is 40.1. The minimum atomic E-state index is -1.96. The van der Waals surface area contributed by atoms with Crippen LogP contribution < -0.4 is 15.5 Å². The maximum atomic E-state index is 14.5. The quantitative estimate of drug-likeness (QED) is 0.0965. The lowest BCUT2D eigenvalue weighted by atomic mass is 9.79. The zero-order chi connectivity index (χ0) is 40.8. The predicted molar refractivity (Wildman–Crippen MR) is 212 cm³/mol. The van der Waals surface area contributed by atoms with Gasteiger partial charge < -0.3 is 39.5 Å². The van der Waals surface area contributed by atoms with E-state index in [0.29, 0.717) is 17.5 Å². The monoisotopic (exact) mass is 767 g/mol. The fraction of sp³-hybridized carbons (Fsp3) is 0.419. The van der Waals surface area contributed by atoms with Crippen molar-refractivity contribution in [3.8, 4) is 22.9 Å². The molecule has 4 aliphatic rings. The number of aliphatic hydroxyl groups excluding tert-OH is 1. The topological polar surface area (TPSA) is 186 Å². The Hall–Kier alpha value is -5.53. The number of carbonyl (C=O) groups is 3. The second-order valence-electron chi connectivity index (χ2n) is 15.3. The molecule has 56 heavy (non-hydrogen) atoms. The molecule has 2 aromatic carbocycles. The number of Topliss-reactive ketones (excluding diaryl/α,β-unsaturated/α-hetero) is 1. The number of hydrogen-bond donors (Lipinski definition) is 4. The van der Waals surface area contributed by atoms with Crippen LogP contribution in [-0.4, -0.2) is 69.0 Å². The Kier molecular flexibility index (Phi) is 11.1. The number of para-hydroxylation sites is 2. The number of H-pyrrole nitrogens is 1. The van der Waals surface area contributed by atoms with Crippen LogP contribution in [0.4, 0.5) is 5.69 Å². The zero-order valence-electron chi connectivity index (χ0n) is 33.1. The van der Waals surface area contributed by atoms with Crippen LogP contribution in [0.1, 0.15) is 70.8 Å². The van der Waals surface area contributed by atoms with Gasteiger partial charge >= 0.3 is 11.8 Å². The van der Waals surface area contributed by atoms with E-state index in [0.717, 1.165) is 0 Å². The average molecular weight is 768 g/mol. The molecule has 3 aliphatic heterocycles. The predicted octanol–water partition coefficient (Wildman–Crippen LogP) is 6.71. The average Bonchev–Trinajstić information content (AvgIpc) is 3.42. The smallest absolute Gasteiger partial charge is 0.312 e. The Morgan fingerprint density at radius 1 is 1.04 bits per heavy atom. The molecule has 3 unspecified atom stereocenters. The Bertz CT molecular complexity index is 2340. The number of aliphatic hydroxyl groups is 1. The molecule has 1 amide bonds. The van der Waals surface area contributed by atoms with E-state index in [-0.39, 0.29) is 62.1 Å². The Morgan fingerprint density at radius 2 is 1.75 bits per heavy atom. The highest BCUT2D eigenvalue weighted by atomic mass is 16.7. The van der Waals surface area contributed by atoms with Crippen molar-refractivity contribution in [1.29, 1.82) is 0 Å². The first-order valence-corrected chi connectivity index (χ1v) is 18.8. The third-order valence-electron chi connectivity index (χ3n) is 11.1.